The van der Waals surface area contributed by atoms with Crippen LogP contribution in [0.3, 0.4) is 0 Å². The molecule has 0 aliphatic rings. The lowest BCUT2D eigenvalue weighted by Gasteiger charge is -2.11. The Morgan fingerprint density at radius 2 is 1.79 bits per heavy atom. The number of nitrogens with two attached hydrogens (primary N) is 1. The Bertz CT molecular complexity index is 904. The quantitative estimate of drug-likeness (QED) is 0.295. The molecule has 0 amide bonds. The van der Waals surface area contributed by atoms with E-state index in [2.05, 4.69) is 15.3 Å². The smallest absolute Gasteiger partial charge is 0.218 e. The van der Waals surface area contributed by atoms with Crippen molar-refractivity contribution in [2.24, 2.45) is 10.7 Å². The minimum atomic E-state index is 0. The molecule has 0 atom stereocenters. The summed E-state index contributed by atoms with van der Waals surface area (Å²) < 4.78 is 11.1. The number of hydrogen-bond acceptors (Lipinski definition) is 4. The highest BCUT2D eigenvalue weighted by molar-refractivity contribution is 14.0. The summed E-state index contributed by atoms with van der Waals surface area (Å²) in [4.78, 5) is 8.70. The Kier molecular flexibility index (Phi) is 8.54. The van der Waals surface area contributed by atoms with Crippen LogP contribution < -0.4 is 20.5 Å². The number of ether oxygens (including phenoxy) is 2. The van der Waals surface area contributed by atoms with Gasteiger partial charge in [0.1, 0.15) is 12.4 Å². The maximum absolute atomic E-state index is 6.01. The maximum Gasteiger partial charge on any atom is 0.218 e. The third kappa shape index (κ3) is 6.12. The van der Waals surface area contributed by atoms with E-state index >= 15 is 0 Å². The third-order valence-electron chi connectivity index (χ3n) is 3.86. The van der Waals surface area contributed by atoms with Crippen molar-refractivity contribution in [1.82, 2.24) is 4.98 Å². The number of benzene rings is 2. The zero-order valence-corrected chi connectivity index (χ0v) is 17.9. The Hall–Kier alpha value is -2.81. The van der Waals surface area contributed by atoms with Crippen molar-refractivity contribution in [3.05, 3.63) is 84.1 Å². The fourth-order valence-electron chi connectivity index (χ4n) is 2.50. The van der Waals surface area contributed by atoms with Crippen LogP contribution in [-0.2, 0) is 13.2 Å². The fraction of sp³-hybridized carbons (Fsp3) is 0.143. The van der Waals surface area contributed by atoms with Gasteiger partial charge in [0.05, 0.1) is 19.3 Å². The van der Waals surface area contributed by atoms with Crippen LogP contribution in [0.5, 0.6) is 11.6 Å². The van der Waals surface area contributed by atoms with E-state index in [4.69, 9.17) is 15.2 Å². The number of rotatable bonds is 7. The maximum atomic E-state index is 6.01. The van der Waals surface area contributed by atoms with Crippen LogP contribution in [0.1, 0.15) is 11.1 Å². The molecule has 0 saturated carbocycles. The molecule has 28 heavy (non-hydrogen) atoms. The summed E-state index contributed by atoms with van der Waals surface area (Å²) in [5.74, 6) is 1.54. The van der Waals surface area contributed by atoms with E-state index in [0.29, 0.717) is 24.8 Å². The molecule has 0 unspecified atom stereocenters. The van der Waals surface area contributed by atoms with E-state index in [-0.39, 0.29) is 29.9 Å². The zero-order valence-electron chi connectivity index (χ0n) is 15.5. The number of halogens is 1. The van der Waals surface area contributed by atoms with E-state index in [0.717, 1.165) is 16.8 Å². The van der Waals surface area contributed by atoms with E-state index in [1.54, 1.807) is 13.3 Å². The molecule has 0 radical (unpaired) electrons. The minimum absolute atomic E-state index is 0. The van der Waals surface area contributed by atoms with Crippen molar-refractivity contribution in [1.29, 1.82) is 0 Å². The second kappa shape index (κ2) is 11.1. The summed E-state index contributed by atoms with van der Waals surface area (Å²) in [6.45, 7) is 0.801. The largest absolute Gasteiger partial charge is 0.495 e. The van der Waals surface area contributed by atoms with Gasteiger partial charge in [-0.25, -0.2) is 9.98 Å². The molecule has 1 heterocycles. The molecule has 3 rings (SSSR count). The van der Waals surface area contributed by atoms with Crippen molar-refractivity contribution >= 4 is 35.6 Å². The zero-order chi connectivity index (χ0) is 18.9. The molecule has 0 bridgehead atoms. The summed E-state index contributed by atoms with van der Waals surface area (Å²) in [7, 11) is 1.61. The molecule has 1 aromatic heterocycles. The molecular formula is C21H23IN4O2. The molecular weight excluding hydrogens is 467 g/mol. The first-order valence-electron chi connectivity index (χ1n) is 8.57. The summed E-state index contributed by atoms with van der Waals surface area (Å²) in [5.41, 5.74) is 8.71. The van der Waals surface area contributed by atoms with E-state index in [1.165, 1.54) is 0 Å². The molecule has 0 fully saturated rings. The van der Waals surface area contributed by atoms with E-state index < -0.39 is 0 Å². The number of nitrogens with one attached hydrogen (secondary N) is 1. The first kappa shape index (κ1) is 21.5. The summed E-state index contributed by atoms with van der Waals surface area (Å²) in [6.07, 6.45) is 1.70. The van der Waals surface area contributed by atoms with Gasteiger partial charge in [-0.2, -0.15) is 0 Å². The molecule has 3 aromatic rings. The Morgan fingerprint density at radius 1 is 1.04 bits per heavy atom. The fourth-order valence-corrected chi connectivity index (χ4v) is 2.50. The van der Waals surface area contributed by atoms with Crippen LogP contribution in [0.2, 0.25) is 0 Å². The number of guanidine groups is 1. The van der Waals surface area contributed by atoms with Gasteiger partial charge < -0.3 is 20.5 Å². The van der Waals surface area contributed by atoms with Crippen LogP contribution >= 0.6 is 24.0 Å². The third-order valence-corrected chi connectivity index (χ3v) is 3.86. The molecule has 7 heteroatoms. The number of anilines is 1. The number of aliphatic imine (C=N–C) groups is 1. The number of hydrogen-bond donors (Lipinski definition) is 2. The van der Waals surface area contributed by atoms with Gasteiger partial charge >= 0.3 is 0 Å². The van der Waals surface area contributed by atoms with Gasteiger partial charge in [-0.1, -0.05) is 48.5 Å². The SMILES string of the molecule is COc1ccccc1NC(N)=NCc1cccnc1OCc1ccccc1.I. The molecule has 2 aromatic carbocycles. The molecule has 0 aliphatic heterocycles. The minimum Gasteiger partial charge on any atom is -0.495 e. The highest BCUT2D eigenvalue weighted by atomic mass is 127. The van der Waals surface area contributed by atoms with Crippen LogP contribution in [0, 0.1) is 0 Å². The number of pyridine rings is 1. The molecule has 0 aliphatic carbocycles. The highest BCUT2D eigenvalue weighted by Crippen LogP contribution is 2.23. The van der Waals surface area contributed by atoms with Gasteiger partial charge in [0.25, 0.3) is 0 Å². The van der Waals surface area contributed by atoms with Crippen molar-refractivity contribution in [2.75, 3.05) is 12.4 Å². The van der Waals surface area contributed by atoms with Crippen molar-refractivity contribution in [3.63, 3.8) is 0 Å². The first-order valence-corrected chi connectivity index (χ1v) is 8.57. The Balaban J connectivity index is 0.00000280. The van der Waals surface area contributed by atoms with Gasteiger partial charge in [-0.3, -0.25) is 0 Å². The first-order chi connectivity index (χ1) is 13.3. The molecule has 0 spiro atoms. The van der Waals surface area contributed by atoms with Gasteiger partial charge in [0.15, 0.2) is 5.96 Å². The monoisotopic (exact) mass is 490 g/mol. The topological polar surface area (TPSA) is 81.8 Å². The lowest BCUT2D eigenvalue weighted by atomic mass is 10.2. The molecule has 6 nitrogen and oxygen atoms in total. The average Bonchev–Trinajstić information content (AvgIpc) is 2.72. The van der Waals surface area contributed by atoms with Gasteiger partial charge in [0, 0.05) is 11.8 Å². The number of methoxy groups -OCH3 is 1. The van der Waals surface area contributed by atoms with Crippen molar-refractivity contribution in [2.45, 2.75) is 13.2 Å². The summed E-state index contributed by atoms with van der Waals surface area (Å²) in [6, 6.07) is 21.2. The van der Waals surface area contributed by atoms with Crippen molar-refractivity contribution < 1.29 is 9.47 Å². The predicted octanol–water partition coefficient (Wildman–Crippen LogP) is 4.21. The van der Waals surface area contributed by atoms with Crippen molar-refractivity contribution in [3.8, 4) is 11.6 Å². The lowest BCUT2D eigenvalue weighted by Crippen LogP contribution is -2.23. The van der Waals surface area contributed by atoms with Crippen LogP contribution in [0.4, 0.5) is 5.69 Å². The average molecular weight is 490 g/mol. The second-order valence-corrected chi connectivity index (χ2v) is 5.77. The Morgan fingerprint density at radius 3 is 2.57 bits per heavy atom. The summed E-state index contributed by atoms with van der Waals surface area (Å²) in [5, 5.41) is 3.05. The number of para-hydroxylation sites is 2. The van der Waals surface area contributed by atoms with Gasteiger partial charge in [-0.15, -0.1) is 24.0 Å². The van der Waals surface area contributed by atoms with Gasteiger partial charge in [-0.05, 0) is 23.8 Å². The Labute approximate surface area is 181 Å². The molecule has 3 N–H and O–H groups in total. The van der Waals surface area contributed by atoms with Crippen LogP contribution in [-0.4, -0.2) is 18.1 Å². The standard InChI is InChI=1S/C21H22N4O2.HI/c1-26-19-12-6-5-11-18(19)25-21(22)24-14-17-10-7-13-23-20(17)27-15-16-8-3-2-4-9-16;/h2-13H,14-15H2,1H3,(H3,22,24,25);1H. The number of aromatic nitrogens is 1. The predicted molar refractivity (Wildman–Crippen MR) is 122 cm³/mol. The lowest BCUT2D eigenvalue weighted by molar-refractivity contribution is 0.290. The summed E-state index contributed by atoms with van der Waals surface area (Å²) >= 11 is 0. The van der Waals surface area contributed by atoms with Gasteiger partial charge in [0.2, 0.25) is 5.88 Å². The van der Waals surface area contributed by atoms with E-state index in [9.17, 15) is 0 Å². The van der Waals surface area contributed by atoms with Crippen LogP contribution in [0.15, 0.2) is 77.9 Å². The molecule has 0 saturated heterocycles. The number of nitrogens with zero attached hydrogens (tertiary/aromatic N) is 2. The van der Waals surface area contributed by atoms with Crippen LogP contribution in [0.25, 0.3) is 0 Å². The molecule has 146 valence electrons. The highest BCUT2D eigenvalue weighted by Gasteiger charge is 2.06. The van der Waals surface area contributed by atoms with E-state index in [1.807, 2.05) is 66.7 Å². The second-order valence-electron chi connectivity index (χ2n) is 5.77. The normalized spacial score (nSPS) is 10.7.